The molecule has 0 aromatic heterocycles. The molecule has 1 atom stereocenters. The summed E-state index contributed by atoms with van der Waals surface area (Å²) in [6, 6.07) is 29.7. The van der Waals surface area contributed by atoms with Crippen molar-refractivity contribution in [2.24, 2.45) is 5.92 Å². The van der Waals surface area contributed by atoms with Crippen LogP contribution < -0.4 is 9.62 Å². The number of amides is 2. The molecule has 9 heteroatoms. The van der Waals surface area contributed by atoms with E-state index >= 15 is 0 Å². The highest BCUT2D eigenvalue weighted by Gasteiger charge is 2.35. The third-order valence-corrected chi connectivity index (χ3v) is 9.92. The van der Waals surface area contributed by atoms with Crippen LogP contribution in [0.3, 0.4) is 0 Å². The molecular weight excluding hydrogens is 650 g/mol. The van der Waals surface area contributed by atoms with Crippen molar-refractivity contribution in [3.05, 3.63) is 130 Å². The molecule has 45 heavy (non-hydrogen) atoms. The standard InChI is InChI=1S/C36H40BrN3O4S/c1-26(2)23-38-36(42)34(22-29-14-7-5-8-15-29)39(24-30-16-12-17-31(37)21-30)35(41)25-40(33-20-11-13-27(3)28(33)4)45(43,44)32-18-9-6-10-19-32/h5-21,26,34H,22-25H2,1-4H3,(H,38,42). The quantitative estimate of drug-likeness (QED) is 0.170. The lowest BCUT2D eigenvalue weighted by atomic mass is 10.0. The van der Waals surface area contributed by atoms with Gasteiger partial charge in [0.2, 0.25) is 11.8 Å². The Balaban J connectivity index is 1.82. The third kappa shape index (κ3) is 8.83. The van der Waals surface area contributed by atoms with E-state index in [0.29, 0.717) is 12.2 Å². The molecule has 1 unspecified atom stereocenters. The van der Waals surface area contributed by atoms with Crippen molar-refractivity contribution in [2.45, 2.75) is 51.6 Å². The Kier molecular flexibility index (Phi) is 11.6. The van der Waals surface area contributed by atoms with Crippen molar-refractivity contribution in [1.82, 2.24) is 10.2 Å². The number of aryl methyl sites for hydroxylation is 1. The van der Waals surface area contributed by atoms with Gasteiger partial charge in [0, 0.05) is 24.0 Å². The van der Waals surface area contributed by atoms with Crippen molar-refractivity contribution in [3.63, 3.8) is 0 Å². The molecule has 0 aliphatic carbocycles. The lowest BCUT2D eigenvalue weighted by Gasteiger charge is -2.34. The SMILES string of the molecule is Cc1cccc(N(CC(=O)N(Cc2cccc(Br)c2)C(Cc2ccccc2)C(=O)NCC(C)C)S(=O)(=O)c2ccccc2)c1C. The van der Waals surface area contributed by atoms with Gasteiger partial charge in [0.05, 0.1) is 10.6 Å². The molecule has 0 saturated carbocycles. The van der Waals surface area contributed by atoms with E-state index in [1.165, 1.54) is 21.3 Å². The largest absolute Gasteiger partial charge is 0.354 e. The molecular formula is C36H40BrN3O4S. The van der Waals surface area contributed by atoms with E-state index in [4.69, 9.17) is 0 Å². The fourth-order valence-corrected chi connectivity index (χ4v) is 6.99. The molecule has 0 fully saturated rings. The first-order chi connectivity index (χ1) is 21.5. The van der Waals surface area contributed by atoms with Crippen LogP contribution in [0.25, 0.3) is 0 Å². The molecule has 1 N–H and O–H groups in total. The summed E-state index contributed by atoms with van der Waals surface area (Å²) in [6.07, 6.45) is 0.263. The molecule has 0 spiro atoms. The van der Waals surface area contributed by atoms with Gasteiger partial charge >= 0.3 is 0 Å². The predicted molar refractivity (Wildman–Crippen MR) is 183 cm³/mol. The first-order valence-electron chi connectivity index (χ1n) is 15.0. The lowest BCUT2D eigenvalue weighted by molar-refractivity contribution is -0.140. The molecule has 0 aliphatic heterocycles. The summed E-state index contributed by atoms with van der Waals surface area (Å²) < 4.78 is 30.4. The number of nitrogens with zero attached hydrogens (tertiary/aromatic N) is 2. The van der Waals surface area contributed by atoms with E-state index in [0.717, 1.165) is 26.7 Å². The highest BCUT2D eigenvalue weighted by Crippen LogP contribution is 2.29. The molecule has 0 radical (unpaired) electrons. The number of benzene rings is 4. The Morgan fingerprint density at radius 1 is 0.822 bits per heavy atom. The van der Waals surface area contributed by atoms with Gasteiger partial charge in [0.25, 0.3) is 10.0 Å². The smallest absolute Gasteiger partial charge is 0.264 e. The van der Waals surface area contributed by atoms with Gasteiger partial charge in [-0.1, -0.05) is 103 Å². The van der Waals surface area contributed by atoms with Crippen LogP contribution in [0.4, 0.5) is 5.69 Å². The normalized spacial score (nSPS) is 12.0. The van der Waals surface area contributed by atoms with Gasteiger partial charge in [0.15, 0.2) is 0 Å². The molecule has 4 rings (SSSR count). The fourth-order valence-electron chi connectivity index (χ4n) is 5.05. The van der Waals surface area contributed by atoms with E-state index < -0.39 is 28.5 Å². The van der Waals surface area contributed by atoms with Crippen LogP contribution >= 0.6 is 15.9 Å². The van der Waals surface area contributed by atoms with E-state index in [9.17, 15) is 18.0 Å². The molecule has 0 aliphatic rings. The molecule has 7 nitrogen and oxygen atoms in total. The summed E-state index contributed by atoms with van der Waals surface area (Å²) in [7, 11) is -4.15. The number of hydrogen-bond donors (Lipinski definition) is 1. The summed E-state index contributed by atoms with van der Waals surface area (Å²) >= 11 is 3.52. The fraction of sp³-hybridized carbons (Fsp3) is 0.278. The molecule has 4 aromatic rings. The van der Waals surface area contributed by atoms with Gasteiger partial charge in [-0.2, -0.15) is 0 Å². The second-order valence-corrected chi connectivity index (χ2v) is 14.3. The van der Waals surface area contributed by atoms with Gasteiger partial charge in [0.1, 0.15) is 12.6 Å². The van der Waals surface area contributed by atoms with Crippen molar-refractivity contribution in [3.8, 4) is 0 Å². The first-order valence-corrected chi connectivity index (χ1v) is 17.2. The molecule has 236 valence electrons. The maximum Gasteiger partial charge on any atom is 0.264 e. The Bertz CT molecular complexity index is 1710. The van der Waals surface area contributed by atoms with Crippen LogP contribution in [0.2, 0.25) is 0 Å². The van der Waals surface area contributed by atoms with E-state index in [2.05, 4.69) is 21.2 Å². The van der Waals surface area contributed by atoms with Gasteiger partial charge in [-0.3, -0.25) is 13.9 Å². The van der Waals surface area contributed by atoms with Gasteiger partial charge in [-0.05, 0) is 72.4 Å². The minimum absolute atomic E-state index is 0.0766. The van der Waals surface area contributed by atoms with Gasteiger partial charge < -0.3 is 10.2 Å². The maximum absolute atomic E-state index is 14.6. The van der Waals surface area contributed by atoms with Gasteiger partial charge in [-0.15, -0.1) is 0 Å². The Labute approximate surface area is 275 Å². The molecule has 0 heterocycles. The number of hydrogen-bond acceptors (Lipinski definition) is 4. The van der Waals surface area contributed by atoms with Crippen LogP contribution in [0.1, 0.15) is 36.1 Å². The van der Waals surface area contributed by atoms with Crippen LogP contribution in [-0.2, 0) is 32.6 Å². The summed E-state index contributed by atoms with van der Waals surface area (Å²) in [4.78, 5) is 30.1. The minimum Gasteiger partial charge on any atom is -0.354 e. The predicted octanol–water partition coefficient (Wildman–Crippen LogP) is 6.67. The summed E-state index contributed by atoms with van der Waals surface area (Å²) in [6.45, 7) is 7.83. The highest BCUT2D eigenvalue weighted by molar-refractivity contribution is 9.10. The Hall–Kier alpha value is -3.95. The zero-order valence-corrected chi connectivity index (χ0v) is 28.5. The summed E-state index contributed by atoms with van der Waals surface area (Å²) in [5.41, 5.74) is 3.75. The molecule has 2 amide bonds. The molecule has 0 bridgehead atoms. The van der Waals surface area contributed by atoms with Crippen molar-refractivity contribution in [1.29, 1.82) is 0 Å². The second kappa shape index (κ2) is 15.4. The Morgan fingerprint density at radius 3 is 2.09 bits per heavy atom. The van der Waals surface area contributed by atoms with Crippen molar-refractivity contribution < 1.29 is 18.0 Å². The molecule has 4 aromatic carbocycles. The number of rotatable bonds is 13. The number of halogens is 1. The average molecular weight is 691 g/mol. The number of sulfonamides is 1. The zero-order chi connectivity index (χ0) is 32.6. The number of anilines is 1. The van der Waals surface area contributed by atoms with E-state index in [-0.39, 0.29) is 29.7 Å². The van der Waals surface area contributed by atoms with E-state index in [1.54, 1.807) is 30.3 Å². The highest BCUT2D eigenvalue weighted by atomic mass is 79.9. The van der Waals surface area contributed by atoms with Crippen LogP contribution in [-0.4, -0.2) is 44.3 Å². The number of carbonyl (C=O) groups excluding carboxylic acids is 2. The van der Waals surface area contributed by atoms with Crippen molar-refractivity contribution >= 4 is 43.5 Å². The number of carbonyl (C=O) groups is 2. The summed E-state index contributed by atoms with van der Waals surface area (Å²) in [5.74, 6) is -0.576. The Morgan fingerprint density at radius 2 is 1.44 bits per heavy atom. The third-order valence-electron chi connectivity index (χ3n) is 7.65. The zero-order valence-electron chi connectivity index (χ0n) is 26.1. The van der Waals surface area contributed by atoms with E-state index in [1.807, 2.05) is 88.4 Å². The van der Waals surface area contributed by atoms with Gasteiger partial charge in [-0.25, -0.2) is 8.42 Å². The average Bonchev–Trinajstić information content (AvgIpc) is 3.02. The maximum atomic E-state index is 14.6. The second-order valence-electron chi connectivity index (χ2n) is 11.5. The monoisotopic (exact) mass is 689 g/mol. The topological polar surface area (TPSA) is 86.8 Å². The minimum atomic E-state index is -4.15. The molecule has 0 saturated heterocycles. The first kappa shape index (κ1) is 33.9. The van der Waals surface area contributed by atoms with Crippen LogP contribution in [0, 0.1) is 19.8 Å². The van der Waals surface area contributed by atoms with Crippen LogP contribution in [0.15, 0.2) is 112 Å². The van der Waals surface area contributed by atoms with Crippen LogP contribution in [0.5, 0.6) is 0 Å². The lowest BCUT2D eigenvalue weighted by Crippen LogP contribution is -2.53. The van der Waals surface area contributed by atoms with Crippen molar-refractivity contribution in [2.75, 3.05) is 17.4 Å². The number of nitrogens with one attached hydrogen (secondary N) is 1. The summed E-state index contributed by atoms with van der Waals surface area (Å²) in [5, 5.41) is 3.02.